The van der Waals surface area contributed by atoms with Crippen LogP contribution in [0.5, 0.6) is 0 Å². The van der Waals surface area contributed by atoms with Crippen molar-refractivity contribution in [1.82, 2.24) is 9.55 Å². The lowest BCUT2D eigenvalue weighted by Gasteiger charge is -2.48. The van der Waals surface area contributed by atoms with Gasteiger partial charge in [-0.3, -0.25) is 14.3 Å². The molecular formula is C12H16N2O4. The highest BCUT2D eigenvalue weighted by atomic mass is 16.6. The number of aromatic amines is 1. The molecule has 3 rings (SSSR count). The SMILES string of the molecule is Cc1cn(C2C[C@@]3(C)OC[C@@]3(C)O2)c(=O)[nH]c1=O. The molecule has 98 valence electrons. The number of nitrogens with zero attached hydrogens (tertiary/aromatic N) is 1. The van der Waals surface area contributed by atoms with Gasteiger partial charge in [0.15, 0.2) is 0 Å². The van der Waals surface area contributed by atoms with Crippen LogP contribution in [0.25, 0.3) is 0 Å². The van der Waals surface area contributed by atoms with Crippen molar-refractivity contribution >= 4 is 0 Å². The van der Waals surface area contributed by atoms with Gasteiger partial charge in [0.05, 0.1) is 6.61 Å². The molecule has 0 saturated carbocycles. The standard InChI is InChI=1S/C12H16N2O4/c1-7-5-14(10(16)13-9(7)15)8-4-11(2)12(3,18-8)6-17-11/h5,8H,4,6H2,1-3H3,(H,13,15,16)/t8?,11-,12-/m1/s1. The van der Waals surface area contributed by atoms with Gasteiger partial charge in [0.1, 0.15) is 17.4 Å². The highest BCUT2D eigenvalue weighted by Gasteiger charge is 2.63. The molecule has 0 amide bonds. The smallest absolute Gasteiger partial charge is 0.330 e. The molecule has 0 bridgehead atoms. The van der Waals surface area contributed by atoms with Crippen molar-refractivity contribution in [2.24, 2.45) is 0 Å². The quantitative estimate of drug-likeness (QED) is 0.780. The molecule has 2 aliphatic heterocycles. The zero-order chi connectivity index (χ0) is 13.1. The minimum absolute atomic E-state index is 0.346. The van der Waals surface area contributed by atoms with Gasteiger partial charge in [0.2, 0.25) is 0 Å². The van der Waals surface area contributed by atoms with Crippen molar-refractivity contribution in [1.29, 1.82) is 0 Å². The van der Waals surface area contributed by atoms with Crippen LogP contribution in [0.2, 0.25) is 0 Å². The topological polar surface area (TPSA) is 73.3 Å². The molecule has 2 aliphatic rings. The molecule has 1 N–H and O–H groups in total. The fourth-order valence-corrected chi connectivity index (χ4v) is 2.59. The third-order valence-corrected chi connectivity index (χ3v) is 4.20. The summed E-state index contributed by atoms with van der Waals surface area (Å²) < 4.78 is 12.9. The van der Waals surface area contributed by atoms with Gasteiger partial charge in [-0.2, -0.15) is 0 Å². The van der Waals surface area contributed by atoms with Crippen molar-refractivity contribution in [2.75, 3.05) is 6.61 Å². The zero-order valence-electron chi connectivity index (χ0n) is 10.6. The maximum atomic E-state index is 11.8. The summed E-state index contributed by atoms with van der Waals surface area (Å²) in [5.74, 6) is 0. The third kappa shape index (κ3) is 1.36. The van der Waals surface area contributed by atoms with Crippen molar-refractivity contribution in [3.8, 4) is 0 Å². The van der Waals surface area contributed by atoms with Crippen LogP contribution < -0.4 is 11.2 Å². The summed E-state index contributed by atoms with van der Waals surface area (Å²) >= 11 is 0. The fourth-order valence-electron chi connectivity index (χ4n) is 2.59. The van der Waals surface area contributed by atoms with Crippen LogP contribution in [-0.2, 0) is 9.47 Å². The summed E-state index contributed by atoms with van der Waals surface area (Å²) in [5.41, 5.74) is -0.994. The Morgan fingerprint density at radius 2 is 2.11 bits per heavy atom. The summed E-state index contributed by atoms with van der Waals surface area (Å²) in [5, 5.41) is 0. The largest absolute Gasteiger partial charge is 0.369 e. The van der Waals surface area contributed by atoms with Gasteiger partial charge in [-0.05, 0) is 20.8 Å². The van der Waals surface area contributed by atoms with Crippen LogP contribution in [-0.4, -0.2) is 27.4 Å². The van der Waals surface area contributed by atoms with Crippen LogP contribution in [0.4, 0.5) is 0 Å². The summed E-state index contributed by atoms with van der Waals surface area (Å²) in [6.45, 7) is 6.18. The Morgan fingerprint density at radius 3 is 2.61 bits per heavy atom. The molecule has 6 nitrogen and oxygen atoms in total. The van der Waals surface area contributed by atoms with Gasteiger partial charge in [-0.1, -0.05) is 0 Å². The van der Waals surface area contributed by atoms with Crippen molar-refractivity contribution in [3.05, 3.63) is 32.6 Å². The van der Waals surface area contributed by atoms with Crippen LogP contribution in [0.3, 0.4) is 0 Å². The predicted octanol–water partition coefficient (Wildman–Crippen LogP) is 0.312. The van der Waals surface area contributed by atoms with Gasteiger partial charge < -0.3 is 9.47 Å². The molecule has 6 heteroatoms. The van der Waals surface area contributed by atoms with Crippen LogP contribution >= 0.6 is 0 Å². The summed E-state index contributed by atoms with van der Waals surface area (Å²) in [4.78, 5) is 25.4. The lowest BCUT2D eigenvalue weighted by atomic mass is 9.81. The van der Waals surface area contributed by atoms with Crippen molar-refractivity contribution in [2.45, 2.75) is 44.6 Å². The average molecular weight is 252 g/mol. The van der Waals surface area contributed by atoms with E-state index < -0.39 is 5.69 Å². The molecule has 0 aromatic carbocycles. The molecule has 2 fully saturated rings. The Hall–Kier alpha value is -1.40. The van der Waals surface area contributed by atoms with Gasteiger partial charge in [-0.15, -0.1) is 0 Å². The number of aromatic nitrogens is 2. The summed E-state index contributed by atoms with van der Waals surface area (Å²) in [7, 11) is 0. The average Bonchev–Trinajstić information content (AvgIpc) is 2.47. The van der Waals surface area contributed by atoms with E-state index in [0.717, 1.165) is 0 Å². The van der Waals surface area contributed by atoms with Crippen LogP contribution in [0, 0.1) is 6.92 Å². The normalized spacial score (nSPS) is 38.3. The summed E-state index contributed by atoms with van der Waals surface area (Å²) in [6, 6.07) is 0. The van der Waals surface area contributed by atoms with Gasteiger partial charge >= 0.3 is 5.69 Å². The molecule has 1 unspecified atom stereocenters. The number of ether oxygens (including phenoxy) is 2. The van der Waals surface area contributed by atoms with E-state index in [9.17, 15) is 9.59 Å². The van der Waals surface area contributed by atoms with E-state index in [4.69, 9.17) is 9.47 Å². The number of fused-ring (bicyclic) bond motifs is 1. The molecule has 0 radical (unpaired) electrons. The molecule has 0 aliphatic carbocycles. The maximum absolute atomic E-state index is 11.8. The van der Waals surface area contributed by atoms with Gasteiger partial charge in [0.25, 0.3) is 5.56 Å². The Bertz CT molecular complexity index is 601. The number of aryl methyl sites for hydroxylation is 1. The minimum Gasteiger partial charge on any atom is -0.369 e. The molecule has 18 heavy (non-hydrogen) atoms. The van der Waals surface area contributed by atoms with E-state index in [1.165, 1.54) is 4.57 Å². The lowest BCUT2D eigenvalue weighted by molar-refractivity contribution is -0.268. The van der Waals surface area contributed by atoms with E-state index >= 15 is 0 Å². The zero-order valence-corrected chi connectivity index (χ0v) is 10.6. The molecular weight excluding hydrogens is 236 g/mol. The van der Waals surface area contributed by atoms with E-state index in [1.54, 1.807) is 13.1 Å². The van der Waals surface area contributed by atoms with E-state index in [1.807, 2.05) is 13.8 Å². The first kappa shape index (κ1) is 11.7. The number of hydrogen-bond acceptors (Lipinski definition) is 4. The number of rotatable bonds is 1. The summed E-state index contributed by atoms with van der Waals surface area (Å²) in [6.07, 6.45) is 1.77. The fraction of sp³-hybridized carbons (Fsp3) is 0.667. The third-order valence-electron chi connectivity index (χ3n) is 4.20. The molecule has 1 aromatic heterocycles. The number of H-pyrrole nitrogens is 1. The predicted molar refractivity (Wildman–Crippen MR) is 63.6 cm³/mol. The molecule has 0 spiro atoms. The van der Waals surface area contributed by atoms with Gasteiger partial charge in [0, 0.05) is 18.2 Å². The Balaban J connectivity index is 2.01. The second-order valence-corrected chi connectivity index (χ2v) is 5.51. The van der Waals surface area contributed by atoms with Crippen molar-refractivity contribution in [3.63, 3.8) is 0 Å². The molecule has 1 aromatic rings. The molecule has 3 atom stereocenters. The Kier molecular flexibility index (Phi) is 2.16. The monoisotopic (exact) mass is 252 g/mol. The lowest BCUT2D eigenvalue weighted by Crippen LogP contribution is -2.62. The second kappa shape index (κ2) is 3.33. The highest BCUT2D eigenvalue weighted by Crippen LogP contribution is 2.52. The highest BCUT2D eigenvalue weighted by molar-refractivity contribution is 5.11. The maximum Gasteiger partial charge on any atom is 0.330 e. The molecule has 2 saturated heterocycles. The van der Waals surface area contributed by atoms with Crippen molar-refractivity contribution < 1.29 is 9.47 Å². The van der Waals surface area contributed by atoms with E-state index in [2.05, 4.69) is 4.98 Å². The van der Waals surface area contributed by atoms with Crippen LogP contribution in [0.1, 0.15) is 32.1 Å². The van der Waals surface area contributed by atoms with E-state index in [0.29, 0.717) is 18.6 Å². The minimum atomic E-state index is -0.441. The Morgan fingerprint density at radius 1 is 1.39 bits per heavy atom. The van der Waals surface area contributed by atoms with Gasteiger partial charge in [-0.25, -0.2) is 4.79 Å². The first-order chi connectivity index (χ1) is 8.35. The van der Waals surface area contributed by atoms with Crippen LogP contribution in [0.15, 0.2) is 15.8 Å². The molecule has 3 heterocycles. The number of nitrogens with one attached hydrogen (secondary N) is 1. The van der Waals surface area contributed by atoms with E-state index in [-0.39, 0.29) is 23.0 Å². The number of hydrogen-bond donors (Lipinski definition) is 1. The Labute approximate surface area is 104 Å². The second-order valence-electron chi connectivity index (χ2n) is 5.51. The first-order valence-electron chi connectivity index (χ1n) is 5.98. The first-order valence-corrected chi connectivity index (χ1v) is 5.98.